The van der Waals surface area contributed by atoms with Crippen LogP contribution in [0.2, 0.25) is 0 Å². The van der Waals surface area contributed by atoms with Crippen LogP contribution in [0.25, 0.3) is 119 Å². The molecular formula is C108H99F3N30O9. The van der Waals surface area contributed by atoms with Crippen molar-refractivity contribution < 1.29 is 55.5 Å². The molecule has 1 fully saturated rings. The van der Waals surface area contributed by atoms with E-state index in [0.29, 0.717) is 161 Å². The van der Waals surface area contributed by atoms with E-state index in [1.165, 1.54) is 49.2 Å². The standard InChI is InChI=1S/C29H25N7O2.C24H27N7O2.C23H20FN5O3.C17H16FN5O2.C15H11FN6/c1-17(2)29-31-27(34-38-29)26-23-14-35-25(15-37-24-10-6-8-19-7-4-5-9-20(19)24)32-33-28(35)21-13-18(3)11-12-22(21)36(23)16-30-26;1-14(2)24-26-22(29-33-24)21-19-11-30-20(12-32-16-6-4-5-7-16)27-28-23(30)17-10-15(3)8-9-18(17)31(19)13-25-21;1-14(2)32-23(30)21-19-11-28-20(12-31-16-6-4-3-5-7-16)26-27-22(28)17-10-15(24)8-9-18(17)29(19)13-25-21;1-3-14-20-21-16-11-7-10(18)5-6-12(11)23-9-19-15(17(24)25-4-2)13(23)8-22(14)16;1-2-14-19-20-15-10-5-9(16)3-4-12(10)22-8-18-11(6-17)13(22)7-21(14)15/h4-13,16-17H,14-15H2,1-3H3;8-10,13-14,16H,4-7,11-12H2,1-3H3;3-10,13-14H,11-12H2,1-2H3;5-7,9H,3-4,8H2,1-2H3;3-5,8H,2,7H2,1H3. The summed E-state index contributed by atoms with van der Waals surface area (Å²) in [5.74, 6) is 8.77. The summed E-state index contributed by atoms with van der Waals surface area (Å²) in [7, 11) is 0. The number of aromatic nitrogens is 29. The van der Waals surface area contributed by atoms with E-state index in [2.05, 4.69) is 179 Å². The fraction of sp³-hybridized carbons (Fsp3) is 0.278. The van der Waals surface area contributed by atoms with Gasteiger partial charge in [-0.2, -0.15) is 15.2 Å². The van der Waals surface area contributed by atoms with Crippen LogP contribution in [0.3, 0.4) is 0 Å². The molecular weight excluding hydrogens is 1920 g/mol. The Balaban J connectivity index is 0.000000107. The van der Waals surface area contributed by atoms with Crippen molar-refractivity contribution in [1.82, 2.24) is 142 Å². The highest BCUT2D eigenvalue weighted by molar-refractivity contribution is 5.91. The SMILES string of the molecule is CC(C)OC(=O)c1ncn2c1Cn1c(COc3ccccc3)nnc1-c1cc(F)ccc1-2.CCOC(=O)c1ncn2c1Cn1c(CC)nnc1-c1cc(F)ccc1-2.CCc1nnc2n1Cc1c(C#N)ncn1-c1ccc(F)cc1-2.Cc1ccc2c(c1)-c1nnc(COC3CCCC3)n1Cc1c(-c3noc(C(C)C)n3)ncn1-2.Cc1ccc2c(c1)-c1nnc(COc3cccc4ccccc34)n1Cc1c(-c3noc(C(C)C)n3)ncn1-2. The fourth-order valence-corrected chi connectivity index (χ4v) is 19.3. The molecule has 17 heterocycles. The number of nitriles is 1. The zero-order chi connectivity index (χ0) is 103. The lowest BCUT2D eigenvalue weighted by Gasteiger charge is -2.12. The number of carbonyl (C=O) groups excluding carboxylic acids is 2. The van der Waals surface area contributed by atoms with E-state index in [9.17, 15) is 28.0 Å². The van der Waals surface area contributed by atoms with Gasteiger partial charge in [-0.3, -0.25) is 22.8 Å². The molecule has 8 aromatic carbocycles. The molecule has 42 heteroatoms. The minimum Gasteiger partial charge on any atom is -0.486 e. The molecule has 0 bridgehead atoms. The zero-order valence-electron chi connectivity index (χ0n) is 83.6. The van der Waals surface area contributed by atoms with Crippen molar-refractivity contribution in [2.75, 3.05) is 6.61 Å². The molecule has 0 unspecified atom stereocenters. The number of carbonyl (C=O) groups is 2. The van der Waals surface area contributed by atoms with Crippen molar-refractivity contribution in [3.63, 3.8) is 0 Å². The first-order valence-electron chi connectivity index (χ1n) is 49.4. The second-order valence-electron chi connectivity index (χ2n) is 37.5. The van der Waals surface area contributed by atoms with Gasteiger partial charge in [0.1, 0.15) is 110 Å². The highest BCUT2D eigenvalue weighted by Crippen LogP contribution is 2.43. The summed E-state index contributed by atoms with van der Waals surface area (Å²) in [5, 5.41) is 63.6. The normalized spacial score (nSPS) is 12.9. The molecule has 0 radical (unpaired) electrons. The van der Waals surface area contributed by atoms with E-state index in [1.54, 1.807) is 67.1 Å². The quantitative estimate of drug-likeness (QED) is 0.0678. The van der Waals surface area contributed by atoms with Crippen LogP contribution in [-0.2, 0) is 79.6 Å². The van der Waals surface area contributed by atoms with E-state index < -0.39 is 17.8 Å². The number of hydrogen-bond acceptors (Lipinski definition) is 29. The van der Waals surface area contributed by atoms with Gasteiger partial charge in [-0.25, -0.2) is 47.7 Å². The zero-order valence-corrected chi connectivity index (χ0v) is 83.6. The minimum absolute atomic E-state index is 0.128. The number of aryl methyl sites for hydroxylation is 4. The molecule has 756 valence electrons. The summed E-state index contributed by atoms with van der Waals surface area (Å²) in [6.07, 6.45) is 14.5. The third-order valence-electron chi connectivity index (χ3n) is 26.7. The van der Waals surface area contributed by atoms with Crippen LogP contribution >= 0.6 is 0 Å². The Bertz CT molecular complexity index is 8570. The lowest BCUT2D eigenvalue weighted by atomic mass is 10.1. The van der Waals surface area contributed by atoms with E-state index in [4.69, 9.17) is 42.7 Å². The summed E-state index contributed by atoms with van der Waals surface area (Å²) in [6, 6.07) is 51.7. The Hall–Kier alpha value is -18.2. The fourth-order valence-electron chi connectivity index (χ4n) is 19.3. The van der Waals surface area contributed by atoms with E-state index >= 15 is 0 Å². The monoisotopic (exact) mass is 2020 g/mol. The maximum atomic E-state index is 14.2. The minimum atomic E-state index is -0.518. The number of hydrogen-bond donors (Lipinski definition) is 0. The van der Waals surface area contributed by atoms with E-state index in [-0.39, 0.29) is 67.3 Å². The van der Waals surface area contributed by atoms with Crippen molar-refractivity contribution in [3.8, 4) is 126 Å². The molecule has 5 aliphatic heterocycles. The van der Waals surface area contributed by atoms with Crippen LogP contribution < -0.4 is 9.47 Å². The molecule has 1 aliphatic carbocycles. The van der Waals surface area contributed by atoms with Crippen LogP contribution in [0.5, 0.6) is 11.5 Å². The van der Waals surface area contributed by atoms with Gasteiger partial charge in [0.25, 0.3) is 0 Å². The van der Waals surface area contributed by atoms with Crippen LogP contribution in [-0.4, -0.2) is 173 Å². The summed E-state index contributed by atoms with van der Waals surface area (Å²) in [6.45, 7) is 24.7. The number of benzene rings is 8. The van der Waals surface area contributed by atoms with Gasteiger partial charge in [0, 0.05) is 57.9 Å². The van der Waals surface area contributed by atoms with Gasteiger partial charge < -0.3 is 55.6 Å². The smallest absolute Gasteiger partial charge is 0.359 e. The Morgan fingerprint density at radius 3 is 1.29 bits per heavy atom. The number of halogens is 3. The van der Waals surface area contributed by atoms with Gasteiger partial charge in [-0.05, 0) is 150 Å². The van der Waals surface area contributed by atoms with Crippen molar-refractivity contribution in [3.05, 3.63) is 310 Å². The topological polar surface area (TPSA) is 425 Å². The largest absolute Gasteiger partial charge is 0.486 e. The van der Waals surface area contributed by atoms with Crippen LogP contribution in [0.4, 0.5) is 13.2 Å². The molecule has 39 nitrogen and oxygen atoms in total. The molecule has 0 saturated heterocycles. The predicted octanol–water partition coefficient (Wildman–Crippen LogP) is 18.4. The van der Waals surface area contributed by atoms with Crippen molar-refractivity contribution in [2.45, 2.75) is 191 Å². The van der Waals surface area contributed by atoms with Gasteiger partial charge in [0.15, 0.2) is 63.7 Å². The average Bonchev–Trinajstić information content (AvgIpc) is 1.59. The summed E-state index contributed by atoms with van der Waals surface area (Å²) in [5.41, 5.74) is 16.3. The van der Waals surface area contributed by atoms with Gasteiger partial charge in [-0.15, -0.1) is 51.0 Å². The lowest BCUT2D eigenvalue weighted by molar-refractivity contribution is 0.0368. The summed E-state index contributed by atoms with van der Waals surface area (Å²) >= 11 is 0. The average molecular weight is 2020 g/mol. The summed E-state index contributed by atoms with van der Waals surface area (Å²) < 4.78 is 101. The van der Waals surface area contributed by atoms with Gasteiger partial charge in [-0.1, -0.05) is 143 Å². The Labute approximate surface area is 855 Å². The summed E-state index contributed by atoms with van der Waals surface area (Å²) in [4.78, 5) is 56.2. The van der Waals surface area contributed by atoms with E-state index in [1.807, 2.05) is 127 Å². The van der Waals surface area contributed by atoms with Gasteiger partial charge >= 0.3 is 11.9 Å². The van der Waals surface area contributed by atoms with Gasteiger partial charge in [0.2, 0.25) is 23.4 Å². The molecule has 150 heavy (non-hydrogen) atoms. The highest BCUT2D eigenvalue weighted by Gasteiger charge is 2.37. The molecule has 12 aromatic heterocycles. The predicted molar refractivity (Wildman–Crippen MR) is 539 cm³/mol. The molecule has 0 amide bonds. The van der Waals surface area contributed by atoms with Gasteiger partial charge in [0.05, 0.1) is 108 Å². The molecule has 6 aliphatic rings. The van der Waals surface area contributed by atoms with Crippen LogP contribution in [0.15, 0.2) is 204 Å². The molecule has 0 N–H and O–H groups in total. The number of rotatable bonds is 19. The number of imidazole rings is 5. The second kappa shape index (κ2) is 40.7. The van der Waals surface area contributed by atoms with Crippen LogP contribution in [0.1, 0.15) is 207 Å². The maximum absolute atomic E-state index is 14.2. The third kappa shape index (κ3) is 18.3. The van der Waals surface area contributed by atoms with Crippen molar-refractivity contribution >= 4 is 22.7 Å². The molecule has 20 aromatic rings. The molecule has 26 rings (SSSR count). The first-order valence-corrected chi connectivity index (χ1v) is 49.4. The maximum Gasteiger partial charge on any atom is 0.359 e. The Kier molecular flexibility index (Phi) is 26.2. The first kappa shape index (κ1) is 96.6. The van der Waals surface area contributed by atoms with Crippen LogP contribution in [0, 0.1) is 42.6 Å². The Morgan fingerprint density at radius 2 is 0.827 bits per heavy atom. The first-order chi connectivity index (χ1) is 73.0. The molecule has 0 atom stereocenters. The molecule has 1 saturated carbocycles. The highest BCUT2D eigenvalue weighted by atomic mass is 19.1. The van der Waals surface area contributed by atoms with Crippen molar-refractivity contribution in [1.29, 1.82) is 5.26 Å². The number of nitrogens with zero attached hydrogens (tertiary/aromatic N) is 30. The lowest BCUT2D eigenvalue weighted by Crippen LogP contribution is -2.17. The number of fused-ring (bicyclic) bond motifs is 26. The van der Waals surface area contributed by atoms with E-state index in [0.717, 1.165) is 121 Å². The molecule has 0 spiro atoms. The number of para-hydroxylation sites is 1. The third-order valence-corrected chi connectivity index (χ3v) is 26.7. The number of ether oxygens (including phenoxy) is 5. The van der Waals surface area contributed by atoms with Crippen molar-refractivity contribution in [2.24, 2.45) is 0 Å². The Morgan fingerprint density at radius 1 is 0.427 bits per heavy atom. The second-order valence-corrected chi connectivity index (χ2v) is 37.5. The number of esters is 2.